The van der Waals surface area contributed by atoms with Crippen molar-refractivity contribution in [1.82, 2.24) is 4.57 Å². The van der Waals surface area contributed by atoms with Crippen molar-refractivity contribution in [2.45, 2.75) is 37.5 Å². The molecule has 9 aromatic rings. The maximum atomic E-state index is 2.62. The maximum Gasteiger partial charge on any atom is 0.0541 e. The fourth-order valence-electron chi connectivity index (χ4n) is 13.0. The lowest BCUT2D eigenvalue weighted by Crippen LogP contribution is -2.55. The molecule has 14 rings (SSSR count). The molecule has 60 heavy (non-hydrogen) atoms. The van der Waals surface area contributed by atoms with Crippen LogP contribution >= 0.6 is 0 Å². The highest BCUT2D eigenvalue weighted by Crippen LogP contribution is 2.69. The van der Waals surface area contributed by atoms with E-state index >= 15 is 0 Å². The van der Waals surface area contributed by atoms with Crippen LogP contribution in [0, 0.1) is 23.7 Å². The zero-order valence-electron chi connectivity index (χ0n) is 33.7. The Kier molecular flexibility index (Phi) is 7.52. The number of aromatic nitrogens is 1. The van der Waals surface area contributed by atoms with Gasteiger partial charge in [0.05, 0.1) is 11.0 Å². The normalized spacial score (nSPS) is 22.1. The molecule has 4 bridgehead atoms. The van der Waals surface area contributed by atoms with E-state index in [1.165, 1.54) is 110 Å². The third-order valence-corrected chi connectivity index (χ3v) is 15.2. The van der Waals surface area contributed by atoms with Crippen LogP contribution < -0.4 is 4.90 Å². The summed E-state index contributed by atoms with van der Waals surface area (Å²) in [6, 6.07) is 72.7. The molecule has 0 N–H and O–H groups in total. The summed E-state index contributed by atoms with van der Waals surface area (Å²) in [5.74, 6) is 3.28. The Balaban J connectivity index is 0.917. The van der Waals surface area contributed by atoms with Crippen LogP contribution in [0.2, 0.25) is 0 Å². The highest BCUT2D eigenvalue weighted by molar-refractivity contribution is 6.09. The van der Waals surface area contributed by atoms with Gasteiger partial charge in [0, 0.05) is 38.9 Å². The van der Waals surface area contributed by atoms with Gasteiger partial charge in [0.15, 0.2) is 0 Å². The van der Waals surface area contributed by atoms with Gasteiger partial charge in [-0.1, -0.05) is 133 Å². The smallest absolute Gasteiger partial charge is 0.0541 e. The number of rotatable bonds is 6. The molecular formula is C58H46N2. The van der Waals surface area contributed by atoms with Gasteiger partial charge in [0.1, 0.15) is 0 Å². The van der Waals surface area contributed by atoms with E-state index in [-0.39, 0.29) is 5.41 Å². The highest BCUT2D eigenvalue weighted by atomic mass is 15.1. The lowest BCUT2D eigenvalue weighted by atomic mass is 9.43. The van der Waals surface area contributed by atoms with Crippen molar-refractivity contribution in [2.75, 3.05) is 4.90 Å². The van der Waals surface area contributed by atoms with E-state index in [1.807, 2.05) is 0 Å². The minimum absolute atomic E-state index is 0.113. The number of benzene rings is 8. The maximum absolute atomic E-state index is 2.62. The molecule has 1 heterocycles. The van der Waals surface area contributed by atoms with Crippen molar-refractivity contribution >= 4 is 38.9 Å². The highest BCUT2D eigenvalue weighted by Gasteiger charge is 2.61. The second kappa shape index (κ2) is 13.2. The van der Waals surface area contributed by atoms with Gasteiger partial charge in [0.2, 0.25) is 0 Å². The quantitative estimate of drug-likeness (QED) is 0.163. The summed E-state index contributed by atoms with van der Waals surface area (Å²) >= 11 is 0. The van der Waals surface area contributed by atoms with Crippen molar-refractivity contribution in [2.24, 2.45) is 23.7 Å². The fraction of sp³-hybridized carbons (Fsp3) is 0.172. The van der Waals surface area contributed by atoms with E-state index in [9.17, 15) is 0 Å². The number of hydrogen-bond donors (Lipinski definition) is 0. The molecule has 0 amide bonds. The Hall–Kier alpha value is -6.64. The van der Waals surface area contributed by atoms with Gasteiger partial charge in [-0.25, -0.2) is 0 Å². The molecule has 0 radical (unpaired) electrons. The Morgan fingerprint density at radius 2 is 0.917 bits per heavy atom. The van der Waals surface area contributed by atoms with Gasteiger partial charge in [-0.15, -0.1) is 0 Å². The molecular weight excluding hydrogens is 725 g/mol. The van der Waals surface area contributed by atoms with Crippen LogP contribution in [0.4, 0.5) is 17.1 Å². The topological polar surface area (TPSA) is 8.17 Å². The Morgan fingerprint density at radius 3 is 1.62 bits per heavy atom. The molecule has 0 atom stereocenters. The summed E-state index contributed by atoms with van der Waals surface area (Å²) in [4.78, 5) is 2.51. The number of para-hydroxylation sites is 2. The van der Waals surface area contributed by atoms with Crippen molar-refractivity contribution in [3.05, 3.63) is 205 Å². The average molecular weight is 771 g/mol. The van der Waals surface area contributed by atoms with E-state index in [1.54, 1.807) is 11.1 Å². The van der Waals surface area contributed by atoms with E-state index in [0.717, 1.165) is 23.7 Å². The summed E-state index contributed by atoms with van der Waals surface area (Å²) in [6.45, 7) is 0. The van der Waals surface area contributed by atoms with Crippen LogP contribution in [0.1, 0.15) is 43.2 Å². The van der Waals surface area contributed by atoms with Crippen LogP contribution in [0.3, 0.4) is 0 Å². The van der Waals surface area contributed by atoms with Crippen molar-refractivity contribution < 1.29 is 0 Å². The first-order chi connectivity index (χ1) is 29.7. The molecule has 0 unspecified atom stereocenters. The number of nitrogens with zero attached hydrogens (tertiary/aromatic N) is 2. The predicted molar refractivity (Wildman–Crippen MR) is 250 cm³/mol. The standard InChI is InChI=1S/C58H46N2/c1-2-11-40(12-3-1)43-13-10-14-48(36-43)59(49-29-30-51-50-15-4-7-18-54(50)58(55(51)37-49)44-32-38-31-39(34-44)35-45(58)33-38)46-25-21-41(22-26-46)42-23-27-47(28-24-42)60-56-19-8-5-16-52(56)53-17-6-9-20-57(53)60/h1-30,36-39,44-45H,31-35H2. The van der Waals surface area contributed by atoms with Gasteiger partial charge in [0.25, 0.3) is 0 Å². The second-order valence-electron chi connectivity index (χ2n) is 18.2. The fourth-order valence-corrected chi connectivity index (χ4v) is 13.0. The minimum atomic E-state index is 0.113. The molecule has 4 saturated carbocycles. The van der Waals surface area contributed by atoms with Crippen LogP contribution in [-0.4, -0.2) is 4.57 Å². The Labute approximate surface area is 352 Å². The van der Waals surface area contributed by atoms with E-state index in [2.05, 4.69) is 204 Å². The summed E-state index contributed by atoms with van der Waals surface area (Å²) in [5, 5.41) is 2.57. The van der Waals surface area contributed by atoms with Crippen LogP contribution in [-0.2, 0) is 5.41 Å². The summed E-state index contributed by atoms with van der Waals surface area (Å²) in [7, 11) is 0. The number of anilines is 3. The largest absolute Gasteiger partial charge is 0.310 e. The Morgan fingerprint density at radius 1 is 0.383 bits per heavy atom. The van der Waals surface area contributed by atoms with Crippen molar-refractivity contribution in [1.29, 1.82) is 0 Å². The number of hydrogen-bond acceptors (Lipinski definition) is 1. The molecule has 1 aromatic heterocycles. The molecule has 8 aromatic carbocycles. The van der Waals surface area contributed by atoms with Gasteiger partial charge >= 0.3 is 0 Å². The first-order valence-corrected chi connectivity index (χ1v) is 22.1. The lowest BCUT2D eigenvalue weighted by Gasteiger charge is -2.61. The van der Waals surface area contributed by atoms with Crippen LogP contribution in [0.15, 0.2) is 194 Å². The summed E-state index contributed by atoms with van der Waals surface area (Å²) < 4.78 is 2.39. The third-order valence-electron chi connectivity index (χ3n) is 15.2. The van der Waals surface area contributed by atoms with E-state index < -0.39 is 0 Å². The van der Waals surface area contributed by atoms with Crippen LogP contribution in [0.5, 0.6) is 0 Å². The predicted octanol–water partition coefficient (Wildman–Crippen LogP) is 15.3. The Bertz CT molecular complexity index is 3020. The molecule has 2 heteroatoms. The second-order valence-corrected chi connectivity index (χ2v) is 18.2. The third kappa shape index (κ3) is 5.00. The zero-order valence-corrected chi connectivity index (χ0v) is 33.7. The first-order valence-electron chi connectivity index (χ1n) is 22.1. The average Bonchev–Trinajstić information content (AvgIpc) is 3.79. The molecule has 0 saturated heterocycles. The molecule has 5 aliphatic carbocycles. The minimum Gasteiger partial charge on any atom is -0.310 e. The zero-order chi connectivity index (χ0) is 39.4. The van der Waals surface area contributed by atoms with Crippen LogP contribution in [0.25, 0.3) is 60.9 Å². The van der Waals surface area contributed by atoms with Gasteiger partial charge < -0.3 is 9.47 Å². The molecule has 2 nitrogen and oxygen atoms in total. The molecule has 1 spiro atoms. The first kappa shape index (κ1) is 34.2. The molecule has 4 fully saturated rings. The van der Waals surface area contributed by atoms with Gasteiger partial charge in [-0.3, -0.25) is 0 Å². The van der Waals surface area contributed by atoms with E-state index in [4.69, 9.17) is 0 Å². The van der Waals surface area contributed by atoms with Gasteiger partial charge in [-0.05, 0) is 161 Å². The molecule has 5 aliphatic rings. The monoisotopic (exact) mass is 770 g/mol. The van der Waals surface area contributed by atoms with Crippen molar-refractivity contribution in [3.63, 3.8) is 0 Å². The number of fused-ring (bicyclic) bond motifs is 6. The summed E-state index contributed by atoms with van der Waals surface area (Å²) in [5.41, 5.74) is 18.3. The molecule has 0 aliphatic heterocycles. The lowest BCUT2D eigenvalue weighted by molar-refractivity contribution is -0.0399. The van der Waals surface area contributed by atoms with E-state index in [0.29, 0.717) is 0 Å². The van der Waals surface area contributed by atoms with Crippen molar-refractivity contribution in [3.8, 4) is 39.1 Å². The molecule has 288 valence electrons. The van der Waals surface area contributed by atoms with Gasteiger partial charge in [-0.2, -0.15) is 0 Å². The SMILES string of the molecule is c1ccc(-c2cccc(N(c3ccc(-c4ccc(-n5c6ccccc6c6ccccc65)cc4)cc3)c3ccc4c(c3)C3(c5ccccc5-4)C4CC5CC(C4)CC3C5)c2)cc1. The summed E-state index contributed by atoms with van der Waals surface area (Å²) in [6.07, 6.45) is 7.00.